The summed E-state index contributed by atoms with van der Waals surface area (Å²) >= 11 is 0. The van der Waals surface area contributed by atoms with Gasteiger partial charge in [0.1, 0.15) is 18.5 Å². The van der Waals surface area contributed by atoms with E-state index in [1.807, 2.05) is 0 Å². The number of carbonyl (C=O) groups excluding carboxylic acids is 5. The summed E-state index contributed by atoms with van der Waals surface area (Å²) in [6.45, 7) is 5.67. The zero-order valence-electron chi connectivity index (χ0n) is 20.0. The Hall–Kier alpha value is -3.73. The zero-order valence-corrected chi connectivity index (χ0v) is 20.0. The van der Waals surface area contributed by atoms with Gasteiger partial charge in [0.25, 0.3) is 0 Å². The average Bonchev–Trinajstić information content (AvgIpc) is 2.75. The molecule has 0 saturated carbocycles. The Labute approximate surface area is 202 Å². The van der Waals surface area contributed by atoms with Crippen molar-refractivity contribution >= 4 is 35.7 Å². The molecule has 5 atom stereocenters. The van der Waals surface area contributed by atoms with Crippen LogP contribution in [0.4, 0.5) is 0 Å². The van der Waals surface area contributed by atoms with Crippen molar-refractivity contribution < 1.29 is 52.4 Å². The SMILES string of the molecule is CC(=O)C=Cc1ccc(O[C@@H]2O[C@H](COC(C)=O)[C@@H](OC(C)=O)[C@H](OC(C)=O)[C@H]2OC(C)=O)cc1. The van der Waals surface area contributed by atoms with Gasteiger partial charge in [0.2, 0.25) is 12.4 Å². The van der Waals surface area contributed by atoms with Crippen molar-refractivity contribution in [3.05, 3.63) is 35.9 Å². The molecule has 0 N–H and O–H groups in total. The Bertz CT molecular complexity index is 966. The molecule has 0 amide bonds. The zero-order chi connectivity index (χ0) is 26.1. The van der Waals surface area contributed by atoms with Crippen LogP contribution in [-0.2, 0) is 47.7 Å². The first-order valence-electron chi connectivity index (χ1n) is 10.7. The van der Waals surface area contributed by atoms with Crippen LogP contribution in [0.3, 0.4) is 0 Å². The lowest BCUT2D eigenvalue weighted by atomic mass is 9.98. The quantitative estimate of drug-likeness (QED) is 0.283. The van der Waals surface area contributed by atoms with Gasteiger partial charge < -0.3 is 28.4 Å². The highest BCUT2D eigenvalue weighted by atomic mass is 16.7. The van der Waals surface area contributed by atoms with Gasteiger partial charge in [-0.1, -0.05) is 18.2 Å². The summed E-state index contributed by atoms with van der Waals surface area (Å²) < 4.78 is 32.8. The number of ketones is 1. The topological polar surface area (TPSA) is 141 Å². The third kappa shape index (κ3) is 8.85. The number of hydrogen-bond acceptors (Lipinski definition) is 11. The predicted molar refractivity (Wildman–Crippen MR) is 119 cm³/mol. The van der Waals surface area contributed by atoms with Crippen LogP contribution < -0.4 is 4.74 Å². The predicted octanol–water partition coefficient (Wildman–Crippen LogP) is 1.75. The summed E-state index contributed by atoms with van der Waals surface area (Å²) in [6, 6.07) is 6.54. The molecule has 0 unspecified atom stereocenters. The largest absolute Gasteiger partial charge is 0.463 e. The fourth-order valence-electron chi connectivity index (χ4n) is 3.29. The summed E-state index contributed by atoms with van der Waals surface area (Å²) in [5.74, 6) is -2.62. The van der Waals surface area contributed by atoms with Crippen LogP contribution in [0.25, 0.3) is 6.08 Å². The first-order chi connectivity index (χ1) is 16.5. The van der Waals surface area contributed by atoms with Crippen LogP contribution in [0.2, 0.25) is 0 Å². The van der Waals surface area contributed by atoms with E-state index in [0.29, 0.717) is 5.75 Å². The minimum Gasteiger partial charge on any atom is -0.463 e. The van der Waals surface area contributed by atoms with Crippen molar-refractivity contribution in [3.63, 3.8) is 0 Å². The molecule has 0 radical (unpaired) electrons. The first kappa shape index (κ1) is 27.5. The molecule has 0 bridgehead atoms. The highest BCUT2D eigenvalue weighted by Gasteiger charge is 2.53. The summed E-state index contributed by atoms with van der Waals surface area (Å²) in [5, 5.41) is 0. The number of hydrogen-bond donors (Lipinski definition) is 0. The molecule has 11 heteroatoms. The van der Waals surface area contributed by atoms with Crippen molar-refractivity contribution in [2.45, 2.75) is 65.3 Å². The van der Waals surface area contributed by atoms with Gasteiger partial charge in [0, 0.05) is 27.7 Å². The lowest BCUT2D eigenvalue weighted by Crippen LogP contribution is -2.63. The van der Waals surface area contributed by atoms with Crippen LogP contribution in [0.5, 0.6) is 5.75 Å². The lowest BCUT2D eigenvalue weighted by Gasteiger charge is -2.43. The Morgan fingerprint density at radius 3 is 1.83 bits per heavy atom. The van der Waals surface area contributed by atoms with E-state index in [4.69, 9.17) is 28.4 Å². The Morgan fingerprint density at radius 1 is 0.771 bits per heavy atom. The van der Waals surface area contributed by atoms with Crippen LogP contribution in [0.15, 0.2) is 30.3 Å². The molecule has 35 heavy (non-hydrogen) atoms. The minimum atomic E-state index is -1.33. The molecule has 1 heterocycles. The highest BCUT2D eigenvalue weighted by molar-refractivity contribution is 5.91. The summed E-state index contributed by atoms with van der Waals surface area (Å²) in [5.41, 5.74) is 0.731. The second-order valence-electron chi connectivity index (χ2n) is 7.70. The number of allylic oxidation sites excluding steroid dienone is 1. The van der Waals surface area contributed by atoms with Crippen molar-refractivity contribution in [1.82, 2.24) is 0 Å². The molecule has 1 aromatic rings. The molecular weight excluding hydrogens is 464 g/mol. The van der Waals surface area contributed by atoms with E-state index in [2.05, 4.69) is 0 Å². The van der Waals surface area contributed by atoms with Gasteiger partial charge in [-0.25, -0.2) is 0 Å². The van der Waals surface area contributed by atoms with Gasteiger partial charge in [-0.05, 0) is 30.7 Å². The van der Waals surface area contributed by atoms with Crippen LogP contribution >= 0.6 is 0 Å². The smallest absolute Gasteiger partial charge is 0.303 e. The van der Waals surface area contributed by atoms with E-state index in [-0.39, 0.29) is 12.4 Å². The van der Waals surface area contributed by atoms with Gasteiger partial charge in [-0.3, -0.25) is 24.0 Å². The van der Waals surface area contributed by atoms with Gasteiger partial charge in [0.15, 0.2) is 18.0 Å². The first-order valence-corrected chi connectivity index (χ1v) is 10.7. The number of carbonyl (C=O) groups is 5. The fourth-order valence-corrected chi connectivity index (χ4v) is 3.29. The molecule has 190 valence electrons. The lowest BCUT2D eigenvalue weighted by molar-refractivity contribution is -0.288. The second-order valence-corrected chi connectivity index (χ2v) is 7.70. The molecule has 0 spiro atoms. The molecule has 1 aromatic carbocycles. The van der Waals surface area contributed by atoms with Crippen molar-refractivity contribution in [2.24, 2.45) is 0 Å². The monoisotopic (exact) mass is 492 g/mol. The maximum Gasteiger partial charge on any atom is 0.303 e. The van der Waals surface area contributed by atoms with E-state index in [1.54, 1.807) is 30.3 Å². The highest BCUT2D eigenvalue weighted by Crippen LogP contribution is 2.31. The van der Waals surface area contributed by atoms with Crippen molar-refractivity contribution in [1.29, 1.82) is 0 Å². The molecule has 1 saturated heterocycles. The molecule has 1 aliphatic heterocycles. The van der Waals surface area contributed by atoms with E-state index >= 15 is 0 Å². The molecule has 0 aliphatic carbocycles. The Kier molecular flexibility index (Phi) is 9.95. The van der Waals surface area contributed by atoms with Crippen LogP contribution in [0.1, 0.15) is 40.2 Å². The molecule has 0 aromatic heterocycles. The van der Waals surface area contributed by atoms with Crippen molar-refractivity contribution in [3.8, 4) is 5.75 Å². The Morgan fingerprint density at radius 2 is 1.31 bits per heavy atom. The number of esters is 4. The standard InChI is InChI=1S/C24H28O11/c1-13(25)6-7-18-8-10-19(11-9-18)34-24-23(33-17(5)29)22(32-16(4)28)21(31-15(3)27)20(35-24)12-30-14(2)26/h6-11,20-24H,12H2,1-5H3/t20-,21-,22+,23-,24-/m1/s1. The van der Waals surface area contributed by atoms with E-state index in [0.717, 1.165) is 26.3 Å². The molecule has 1 fully saturated rings. The van der Waals surface area contributed by atoms with Crippen LogP contribution in [-0.4, -0.2) is 67.0 Å². The third-order valence-corrected chi connectivity index (χ3v) is 4.59. The van der Waals surface area contributed by atoms with Gasteiger partial charge in [-0.2, -0.15) is 0 Å². The molecular formula is C24H28O11. The summed E-state index contributed by atoms with van der Waals surface area (Å²) in [4.78, 5) is 58.0. The summed E-state index contributed by atoms with van der Waals surface area (Å²) in [6.07, 6.45) is -3.31. The van der Waals surface area contributed by atoms with Gasteiger partial charge >= 0.3 is 23.9 Å². The van der Waals surface area contributed by atoms with Gasteiger partial charge in [0.05, 0.1) is 0 Å². The van der Waals surface area contributed by atoms with E-state index in [9.17, 15) is 24.0 Å². The second kappa shape index (κ2) is 12.7. The number of benzene rings is 1. The van der Waals surface area contributed by atoms with Crippen molar-refractivity contribution in [2.75, 3.05) is 6.61 Å². The minimum absolute atomic E-state index is 0.108. The normalized spacial score (nSPS) is 23.7. The molecule has 2 rings (SSSR count). The van der Waals surface area contributed by atoms with E-state index < -0.39 is 54.6 Å². The third-order valence-electron chi connectivity index (χ3n) is 4.59. The maximum atomic E-state index is 11.9. The molecule has 11 nitrogen and oxygen atoms in total. The van der Waals surface area contributed by atoms with Gasteiger partial charge in [-0.15, -0.1) is 0 Å². The summed E-state index contributed by atoms with van der Waals surface area (Å²) in [7, 11) is 0. The Balaban J connectivity index is 2.40. The van der Waals surface area contributed by atoms with Crippen LogP contribution in [0, 0.1) is 0 Å². The number of rotatable bonds is 9. The number of ether oxygens (including phenoxy) is 6. The fraction of sp³-hybridized carbons (Fsp3) is 0.458. The van der Waals surface area contributed by atoms with E-state index in [1.165, 1.54) is 19.9 Å². The molecule has 1 aliphatic rings. The maximum absolute atomic E-state index is 11.9. The average molecular weight is 492 g/mol.